The summed E-state index contributed by atoms with van der Waals surface area (Å²) in [6.07, 6.45) is -1.18. The van der Waals surface area contributed by atoms with Gasteiger partial charge in [0, 0.05) is 0 Å². The molecule has 0 radical (unpaired) electrons. The predicted molar refractivity (Wildman–Crippen MR) is 219 cm³/mol. The Labute approximate surface area is 341 Å². The number of aromatic nitrogens is 3. The zero-order valence-corrected chi connectivity index (χ0v) is 36.5. The molecule has 16 nitrogen and oxygen atoms in total. The van der Waals surface area contributed by atoms with Crippen LogP contribution in [-0.2, 0) is 53.4 Å². The van der Waals surface area contributed by atoms with Gasteiger partial charge in [0.15, 0.2) is 23.6 Å². The first-order valence-electron chi connectivity index (χ1n) is 19.7. The van der Waals surface area contributed by atoms with Crippen molar-refractivity contribution >= 4 is 43.7 Å². The Morgan fingerprint density at radius 1 is 1.00 bits per heavy atom. The van der Waals surface area contributed by atoms with Crippen LogP contribution in [0.5, 0.6) is 5.75 Å². The number of fused-ring (bicyclic) bond motifs is 1. The van der Waals surface area contributed by atoms with E-state index in [2.05, 4.69) is 68.4 Å². The van der Waals surface area contributed by atoms with E-state index in [-0.39, 0.29) is 35.5 Å². The van der Waals surface area contributed by atoms with Crippen LogP contribution < -0.4 is 15.3 Å². The quantitative estimate of drug-likeness (QED) is 0.0567. The maximum atomic E-state index is 14.9. The van der Waals surface area contributed by atoms with E-state index >= 15 is 0 Å². The number of carbonyl (C=O) groups excluding carboxylic acids is 3. The maximum absolute atomic E-state index is 14.9. The molecule has 3 N–H and O–H groups in total. The number of hydrogen-bond acceptors (Lipinski definition) is 14. The van der Waals surface area contributed by atoms with Gasteiger partial charge in [-0.25, -0.2) is 14.1 Å². The van der Waals surface area contributed by atoms with Crippen LogP contribution in [0, 0.1) is 17.3 Å². The zero-order valence-electron chi connectivity index (χ0n) is 35.6. The molecule has 1 aliphatic rings. The number of aliphatic imine (C=N–C) groups is 1. The van der Waals surface area contributed by atoms with Crippen LogP contribution in [0.25, 0.3) is 5.52 Å². The summed E-state index contributed by atoms with van der Waals surface area (Å²) in [5.74, 6) is -2.74. The van der Waals surface area contributed by atoms with E-state index in [1.807, 2.05) is 12.1 Å². The molecule has 0 bridgehead atoms. The number of esters is 3. The Hall–Kier alpha value is -4.37. The summed E-state index contributed by atoms with van der Waals surface area (Å²) in [7, 11) is -4.49. The largest absolute Gasteiger partial charge is 0.465 e. The minimum atomic E-state index is -4.49. The zero-order chi connectivity index (χ0) is 43.2. The van der Waals surface area contributed by atoms with Gasteiger partial charge >= 0.3 is 25.7 Å². The molecule has 3 heterocycles. The number of ether oxygens (including phenoxy) is 4. The molecule has 4 rings (SSSR count). The topological polar surface area (TPSA) is 204 Å². The number of nitrogens with two attached hydrogens (primary N) is 1. The number of nitrogens with zero attached hydrogens (tertiary/aromatic N) is 4. The molecule has 0 aliphatic carbocycles. The summed E-state index contributed by atoms with van der Waals surface area (Å²) < 4.78 is 53.1. The van der Waals surface area contributed by atoms with Crippen LogP contribution in [-0.4, -0.2) is 83.3 Å². The predicted octanol–water partition coefficient (Wildman–Crippen LogP) is 6.59. The Morgan fingerprint density at radius 2 is 1.64 bits per heavy atom. The standard InChI is InChI=1S/C41H61N6O10P/c1-13-40(10,11)20-21-52-38(50)27(6)46-58(51,57-29-16-14-28(15-17-29)39(7,8)9)53-22-31-33(54-36(48)25(2)3)34(55-37(49)26(4)5)41(56-31,23-43-12)32-19-18-30-35(42)44-24-45-47(30)32/h14-19,24-27,31,33-34H,12-13,20-23H2,1-11H3,(H,46,51)(H2,42,44,45)/t27-,31+,33+,34+,41-,58?/m0/s1. The minimum absolute atomic E-state index is 0.0427. The van der Waals surface area contributed by atoms with Crippen LogP contribution in [0.3, 0.4) is 0 Å². The molecule has 0 amide bonds. The molecule has 3 aromatic rings. The van der Waals surface area contributed by atoms with Crippen LogP contribution in [0.1, 0.15) is 100 Å². The highest BCUT2D eigenvalue weighted by Gasteiger charge is 2.62. The van der Waals surface area contributed by atoms with Gasteiger partial charge in [0.25, 0.3) is 0 Å². The summed E-state index contributed by atoms with van der Waals surface area (Å²) in [6, 6.07) is 9.18. The Balaban J connectivity index is 1.78. The normalized spacial score (nSPS) is 21.4. The summed E-state index contributed by atoms with van der Waals surface area (Å²) in [5, 5.41) is 7.12. The SMILES string of the molecule is C=NC[C@@]1(c2ccc3c(N)ncnn23)O[C@H](COP(=O)(N[C@@H](C)C(=O)OCCC(C)(C)CC)Oc2ccc(C(C)(C)C)cc2)[C@@H](OC(=O)C(C)C)[C@H]1OC(=O)C(C)C. The average Bonchev–Trinajstić information content (AvgIpc) is 3.71. The fourth-order valence-electron chi connectivity index (χ4n) is 6.11. The Kier molecular flexibility index (Phi) is 14.9. The molecule has 320 valence electrons. The van der Waals surface area contributed by atoms with Gasteiger partial charge in [-0.1, -0.05) is 87.8 Å². The molecule has 6 atom stereocenters. The lowest BCUT2D eigenvalue weighted by atomic mass is 9.87. The molecule has 1 aromatic carbocycles. The molecule has 0 saturated carbocycles. The first kappa shape index (κ1) is 46.3. The minimum Gasteiger partial charge on any atom is -0.465 e. The van der Waals surface area contributed by atoms with Crippen molar-refractivity contribution in [2.24, 2.45) is 22.2 Å². The third-order valence-corrected chi connectivity index (χ3v) is 11.9. The van der Waals surface area contributed by atoms with Gasteiger partial charge in [0.2, 0.25) is 0 Å². The van der Waals surface area contributed by atoms with Crippen molar-refractivity contribution in [2.75, 3.05) is 25.5 Å². The number of nitrogen functional groups attached to an aromatic ring is 1. The molecular formula is C41H61N6O10P. The second-order valence-corrected chi connectivity index (χ2v) is 18.8. The number of nitrogens with one attached hydrogen (secondary N) is 1. The number of hydrogen-bond donors (Lipinski definition) is 2. The molecule has 58 heavy (non-hydrogen) atoms. The van der Waals surface area contributed by atoms with Crippen molar-refractivity contribution in [3.05, 3.63) is 54.0 Å². The average molecular weight is 829 g/mol. The summed E-state index contributed by atoms with van der Waals surface area (Å²) in [6.45, 7) is 23.6. The highest BCUT2D eigenvalue weighted by atomic mass is 31.2. The van der Waals surface area contributed by atoms with Crippen LogP contribution in [0.2, 0.25) is 0 Å². The van der Waals surface area contributed by atoms with Gasteiger partial charge in [-0.15, -0.1) is 0 Å². The number of benzene rings is 1. The maximum Gasteiger partial charge on any atom is 0.459 e. The van der Waals surface area contributed by atoms with Crippen molar-refractivity contribution < 1.29 is 46.9 Å². The first-order valence-corrected chi connectivity index (χ1v) is 21.2. The molecule has 1 fully saturated rings. The second-order valence-electron chi connectivity index (χ2n) is 17.1. The lowest BCUT2D eigenvalue weighted by Gasteiger charge is -2.33. The summed E-state index contributed by atoms with van der Waals surface area (Å²) >= 11 is 0. The lowest BCUT2D eigenvalue weighted by Crippen LogP contribution is -2.49. The van der Waals surface area contributed by atoms with Crippen LogP contribution in [0.15, 0.2) is 47.7 Å². The Morgan fingerprint density at radius 3 is 2.22 bits per heavy atom. The molecule has 1 unspecified atom stereocenters. The van der Waals surface area contributed by atoms with Crippen LogP contribution in [0.4, 0.5) is 5.82 Å². The van der Waals surface area contributed by atoms with Gasteiger partial charge in [-0.2, -0.15) is 10.2 Å². The second kappa shape index (κ2) is 18.7. The molecule has 1 aliphatic heterocycles. The number of rotatable bonds is 19. The van der Waals surface area contributed by atoms with E-state index in [9.17, 15) is 18.9 Å². The highest BCUT2D eigenvalue weighted by molar-refractivity contribution is 7.52. The Bertz CT molecular complexity index is 1960. The summed E-state index contributed by atoms with van der Waals surface area (Å²) in [4.78, 5) is 48.3. The van der Waals surface area contributed by atoms with Crippen LogP contribution >= 0.6 is 7.75 Å². The van der Waals surface area contributed by atoms with Crippen molar-refractivity contribution in [2.45, 2.75) is 124 Å². The van der Waals surface area contributed by atoms with Crippen molar-refractivity contribution in [3.8, 4) is 5.75 Å². The van der Waals surface area contributed by atoms with E-state index in [0.717, 1.165) is 12.0 Å². The molecule has 1 saturated heterocycles. The van der Waals surface area contributed by atoms with Gasteiger partial charge < -0.3 is 29.2 Å². The molecule has 0 spiro atoms. The van der Waals surface area contributed by atoms with Gasteiger partial charge in [0.05, 0.1) is 37.3 Å². The third-order valence-electron chi connectivity index (χ3n) is 10.2. The smallest absolute Gasteiger partial charge is 0.459 e. The van der Waals surface area contributed by atoms with Crippen molar-refractivity contribution in [3.63, 3.8) is 0 Å². The van der Waals surface area contributed by atoms with Gasteiger partial charge in [-0.05, 0) is 60.7 Å². The first-order chi connectivity index (χ1) is 27.1. The van der Waals surface area contributed by atoms with Gasteiger partial charge in [0.1, 0.15) is 29.7 Å². The van der Waals surface area contributed by atoms with E-state index in [0.29, 0.717) is 17.6 Å². The van der Waals surface area contributed by atoms with E-state index in [4.69, 9.17) is 33.7 Å². The fourth-order valence-corrected chi connectivity index (χ4v) is 7.62. The van der Waals surface area contributed by atoms with E-state index in [1.54, 1.807) is 52.0 Å². The molecule has 17 heteroatoms. The summed E-state index contributed by atoms with van der Waals surface area (Å²) in [5.41, 5.74) is 6.04. The molecule has 2 aromatic heterocycles. The van der Waals surface area contributed by atoms with Crippen molar-refractivity contribution in [1.82, 2.24) is 19.7 Å². The van der Waals surface area contributed by atoms with E-state index in [1.165, 1.54) is 17.8 Å². The number of carbonyl (C=O) groups is 3. The van der Waals surface area contributed by atoms with E-state index < -0.39 is 74.1 Å². The third kappa shape index (κ3) is 11.0. The van der Waals surface area contributed by atoms with Crippen molar-refractivity contribution in [1.29, 1.82) is 0 Å². The van der Waals surface area contributed by atoms with Gasteiger partial charge in [-0.3, -0.25) is 23.9 Å². The fraction of sp³-hybridized carbons (Fsp3) is 0.610. The lowest BCUT2D eigenvalue weighted by molar-refractivity contribution is -0.175. The highest BCUT2D eigenvalue weighted by Crippen LogP contribution is 2.49. The monoisotopic (exact) mass is 828 g/mol. The molecular weight excluding hydrogens is 767 g/mol. The number of anilines is 1.